The molecule has 4 nitrogen and oxygen atoms in total. The molecule has 0 bridgehead atoms. The molecule has 96 valence electrons. The van der Waals surface area contributed by atoms with Crippen LogP contribution < -0.4 is 0 Å². The van der Waals surface area contributed by atoms with Crippen molar-refractivity contribution < 1.29 is 14.7 Å². The third-order valence-corrected chi connectivity index (χ3v) is 4.15. The Hall–Kier alpha value is -1.62. The normalized spacial score (nSPS) is 13.1. The Labute approximate surface area is 110 Å². The number of carboxylic acid groups (broad SMARTS) is 1. The summed E-state index contributed by atoms with van der Waals surface area (Å²) < 4.78 is 0. The van der Waals surface area contributed by atoms with Crippen LogP contribution in [0.2, 0.25) is 0 Å². The Bertz CT molecular complexity index is 471. The summed E-state index contributed by atoms with van der Waals surface area (Å²) in [6.45, 7) is 3.52. The van der Waals surface area contributed by atoms with Crippen molar-refractivity contribution in [2.45, 2.75) is 19.3 Å². The van der Waals surface area contributed by atoms with E-state index < -0.39 is 5.97 Å². The van der Waals surface area contributed by atoms with Gasteiger partial charge in [0.25, 0.3) is 5.91 Å². The van der Waals surface area contributed by atoms with Crippen LogP contribution in [0.5, 0.6) is 0 Å². The molecular formula is C13H15NO3S. The Morgan fingerprint density at radius 3 is 2.89 bits per heavy atom. The maximum atomic E-state index is 12.2. The van der Waals surface area contributed by atoms with Gasteiger partial charge in [0, 0.05) is 11.4 Å². The molecule has 5 heteroatoms. The molecule has 1 aliphatic rings. The first-order chi connectivity index (χ1) is 8.61. The van der Waals surface area contributed by atoms with E-state index in [1.54, 1.807) is 6.08 Å². The Morgan fingerprint density at radius 2 is 2.28 bits per heavy atom. The second-order valence-electron chi connectivity index (χ2n) is 4.28. The molecule has 1 heterocycles. The summed E-state index contributed by atoms with van der Waals surface area (Å²) in [5, 5.41) is 8.80. The smallest absolute Gasteiger partial charge is 0.323 e. The topological polar surface area (TPSA) is 57.6 Å². The minimum Gasteiger partial charge on any atom is -0.480 e. The Kier molecular flexibility index (Phi) is 3.81. The number of nitrogens with zero attached hydrogens (tertiary/aromatic N) is 1. The molecule has 2 rings (SSSR count). The second kappa shape index (κ2) is 5.35. The number of hydrogen-bond acceptors (Lipinski definition) is 3. The predicted molar refractivity (Wildman–Crippen MR) is 70.1 cm³/mol. The van der Waals surface area contributed by atoms with E-state index >= 15 is 0 Å². The fourth-order valence-corrected chi connectivity index (χ4v) is 3.35. The highest BCUT2D eigenvalue weighted by Gasteiger charge is 2.22. The monoisotopic (exact) mass is 265 g/mol. The van der Waals surface area contributed by atoms with Crippen LogP contribution in [0.3, 0.4) is 0 Å². The molecular weight excluding hydrogens is 250 g/mol. The van der Waals surface area contributed by atoms with E-state index in [0.717, 1.165) is 19.3 Å². The summed E-state index contributed by atoms with van der Waals surface area (Å²) >= 11 is 1.49. The molecule has 0 saturated heterocycles. The summed E-state index contributed by atoms with van der Waals surface area (Å²) in [7, 11) is 0. The SMILES string of the molecule is C=CCN(CC(=O)O)C(=O)c1cc2c(s1)CCC2. The van der Waals surface area contributed by atoms with Gasteiger partial charge >= 0.3 is 5.97 Å². The number of carboxylic acids is 1. The summed E-state index contributed by atoms with van der Waals surface area (Å²) in [4.78, 5) is 26.2. The predicted octanol–water partition coefficient (Wildman–Crippen LogP) is 1.95. The molecule has 0 atom stereocenters. The first kappa shape index (κ1) is 12.8. The van der Waals surface area contributed by atoms with Crippen molar-refractivity contribution in [3.8, 4) is 0 Å². The quantitative estimate of drug-likeness (QED) is 0.828. The van der Waals surface area contributed by atoms with E-state index in [2.05, 4.69) is 6.58 Å². The molecule has 1 aromatic heterocycles. The molecule has 0 saturated carbocycles. The minimum atomic E-state index is -1.01. The van der Waals surface area contributed by atoms with E-state index in [9.17, 15) is 9.59 Å². The van der Waals surface area contributed by atoms with E-state index in [0.29, 0.717) is 4.88 Å². The number of aryl methyl sites for hydroxylation is 2. The van der Waals surface area contributed by atoms with Crippen molar-refractivity contribution in [3.05, 3.63) is 34.0 Å². The standard InChI is InChI=1S/C13H15NO3S/c1-2-6-14(8-12(15)16)13(17)11-7-9-4-3-5-10(9)18-11/h2,7H,1,3-6,8H2,(H,15,16). The zero-order valence-corrected chi connectivity index (χ0v) is 10.8. The number of hydrogen-bond donors (Lipinski definition) is 1. The van der Waals surface area contributed by atoms with Crippen molar-refractivity contribution in [2.75, 3.05) is 13.1 Å². The lowest BCUT2D eigenvalue weighted by atomic mass is 10.2. The number of aliphatic carboxylic acids is 1. The van der Waals surface area contributed by atoms with Crippen LogP contribution in [-0.4, -0.2) is 35.0 Å². The molecule has 0 fully saturated rings. The largest absolute Gasteiger partial charge is 0.480 e. The number of thiophene rings is 1. The van der Waals surface area contributed by atoms with Gasteiger partial charge in [-0.25, -0.2) is 0 Å². The Balaban J connectivity index is 2.16. The number of carbonyl (C=O) groups is 2. The third-order valence-electron chi connectivity index (χ3n) is 2.92. The van der Waals surface area contributed by atoms with E-state index in [1.807, 2.05) is 6.07 Å². The first-order valence-corrected chi connectivity index (χ1v) is 6.67. The zero-order valence-electron chi connectivity index (χ0n) is 10.0. The summed E-state index contributed by atoms with van der Waals surface area (Å²) in [5.41, 5.74) is 1.25. The van der Waals surface area contributed by atoms with Crippen molar-refractivity contribution in [1.82, 2.24) is 4.90 Å². The van der Waals surface area contributed by atoms with Crippen LogP contribution in [0.1, 0.15) is 26.5 Å². The van der Waals surface area contributed by atoms with Gasteiger partial charge in [-0.15, -0.1) is 17.9 Å². The van der Waals surface area contributed by atoms with E-state index in [-0.39, 0.29) is 19.0 Å². The van der Waals surface area contributed by atoms with Crippen LogP contribution >= 0.6 is 11.3 Å². The summed E-state index contributed by atoms with van der Waals surface area (Å²) in [5.74, 6) is -1.22. The van der Waals surface area contributed by atoms with Crippen molar-refractivity contribution >= 4 is 23.2 Å². The lowest BCUT2D eigenvalue weighted by Gasteiger charge is -2.17. The number of fused-ring (bicyclic) bond motifs is 1. The molecule has 18 heavy (non-hydrogen) atoms. The highest BCUT2D eigenvalue weighted by molar-refractivity contribution is 7.14. The van der Waals surface area contributed by atoms with Gasteiger partial charge in [-0.2, -0.15) is 0 Å². The van der Waals surface area contributed by atoms with Crippen molar-refractivity contribution in [3.63, 3.8) is 0 Å². The van der Waals surface area contributed by atoms with Gasteiger partial charge in [-0.05, 0) is 30.9 Å². The second-order valence-corrected chi connectivity index (χ2v) is 5.42. The minimum absolute atomic E-state index is 0.211. The van der Waals surface area contributed by atoms with Crippen molar-refractivity contribution in [1.29, 1.82) is 0 Å². The summed E-state index contributed by atoms with van der Waals surface area (Å²) in [6, 6.07) is 1.91. The van der Waals surface area contributed by atoms with E-state index in [1.165, 1.54) is 26.7 Å². The molecule has 0 unspecified atom stereocenters. The molecule has 1 amide bonds. The average Bonchev–Trinajstić information content (AvgIpc) is 2.86. The van der Waals surface area contributed by atoms with Gasteiger partial charge in [-0.1, -0.05) is 6.08 Å². The van der Waals surface area contributed by atoms with E-state index in [4.69, 9.17) is 5.11 Å². The molecule has 0 radical (unpaired) electrons. The molecule has 0 spiro atoms. The van der Waals surface area contributed by atoms with Crippen LogP contribution in [0.25, 0.3) is 0 Å². The van der Waals surface area contributed by atoms with Gasteiger partial charge in [0.05, 0.1) is 4.88 Å². The molecule has 1 aromatic rings. The molecule has 0 aliphatic heterocycles. The van der Waals surface area contributed by atoms with Gasteiger partial charge in [-0.3, -0.25) is 9.59 Å². The maximum absolute atomic E-state index is 12.2. The average molecular weight is 265 g/mol. The van der Waals surface area contributed by atoms with Crippen molar-refractivity contribution in [2.24, 2.45) is 0 Å². The van der Waals surface area contributed by atoms with Gasteiger partial charge in [0.15, 0.2) is 0 Å². The fraction of sp³-hybridized carbons (Fsp3) is 0.385. The van der Waals surface area contributed by atoms with Crippen LogP contribution in [0.4, 0.5) is 0 Å². The van der Waals surface area contributed by atoms with Crippen LogP contribution in [-0.2, 0) is 17.6 Å². The molecule has 1 aliphatic carbocycles. The first-order valence-electron chi connectivity index (χ1n) is 5.85. The van der Waals surface area contributed by atoms with Crippen LogP contribution in [0.15, 0.2) is 18.7 Å². The molecule has 1 N–H and O–H groups in total. The lowest BCUT2D eigenvalue weighted by molar-refractivity contribution is -0.137. The maximum Gasteiger partial charge on any atom is 0.323 e. The van der Waals surface area contributed by atoms with Gasteiger partial charge in [0.2, 0.25) is 0 Å². The number of rotatable bonds is 5. The third kappa shape index (κ3) is 2.61. The lowest BCUT2D eigenvalue weighted by Crippen LogP contribution is -2.35. The highest BCUT2D eigenvalue weighted by Crippen LogP contribution is 2.31. The highest BCUT2D eigenvalue weighted by atomic mass is 32.1. The van der Waals surface area contributed by atoms with Gasteiger partial charge < -0.3 is 10.0 Å². The number of amides is 1. The Morgan fingerprint density at radius 1 is 1.50 bits per heavy atom. The summed E-state index contributed by atoms with van der Waals surface area (Å²) in [6.07, 6.45) is 4.76. The molecule has 0 aromatic carbocycles. The fourth-order valence-electron chi connectivity index (χ4n) is 2.13. The van der Waals surface area contributed by atoms with Gasteiger partial charge in [0.1, 0.15) is 6.54 Å². The van der Waals surface area contributed by atoms with Crippen LogP contribution in [0, 0.1) is 0 Å². The zero-order chi connectivity index (χ0) is 13.1. The number of carbonyl (C=O) groups excluding carboxylic acids is 1.